The molecule has 0 saturated heterocycles. The third-order valence-electron chi connectivity index (χ3n) is 4.23. The van der Waals surface area contributed by atoms with Crippen LogP contribution in [0.15, 0.2) is 30.3 Å². The van der Waals surface area contributed by atoms with Crippen molar-refractivity contribution in [3.05, 3.63) is 58.1 Å². The Kier molecular flexibility index (Phi) is 4.36. The van der Waals surface area contributed by atoms with Crippen molar-refractivity contribution >= 4 is 11.9 Å². The van der Waals surface area contributed by atoms with Gasteiger partial charge in [-0.05, 0) is 48.6 Å². The molecule has 0 spiro atoms. The SMILES string of the molecule is Cc1cccc(C(=O)OOC(=O)c2ccc3c(C)c2OO3)c1C(C)(C)C. The maximum Gasteiger partial charge on any atom is 0.390 e. The zero-order valence-corrected chi connectivity index (χ0v) is 15.3. The molecular weight excluding hydrogens is 336 g/mol. The number of carbonyl (C=O) groups is 2. The molecule has 1 heterocycles. The Hall–Kier alpha value is -3.02. The zero-order chi connectivity index (χ0) is 19.1. The number of aryl methyl sites for hydroxylation is 1. The Morgan fingerprint density at radius 2 is 1.54 bits per heavy atom. The molecule has 0 aliphatic carbocycles. The van der Waals surface area contributed by atoms with E-state index in [-0.39, 0.29) is 16.7 Å². The van der Waals surface area contributed by atoms with E-state index in [1.165, 1.54) is 6.07 Å². The number of fused-ring (bicyclic) bond motifs is 2. The van der Waals surface area contributed by atoms with Crippen LogP contribution in [0, 0.1) is 13.8 Å². The molecule has 2 aromatic rings. The summed E-state index contributed by atoms with van der Waals surface area (Å²) in [5.41, 5.74) is 2.70. The van der Waals surface area contributed by atoms with Gasteiger partial charge < -0.3 is 0 Å². The Morgan fingerprint density at radius 3 is 2.19 bits per heavy atom. The van der Waals surface area contributed by atoms with E-state index in [1.54, 1.807) is 25.1 Å². The van der Waals surface area contributed by atoms with Crippen molar-refractivity contribution in [2.75, 3.05) is 0 Å². The van der Waals surface area contributed by atoms with Gasteiger partial charge in [-0.1, -0.05) is 32.9 Å². The van der Waals surface area contributed by atoms with Crippen molar-refractivity contribution in [1.29, 1.82) is 0 Å². The smallest absolute Gasteiger partial charge is 0.289 e. The Labute approximate surface area is 151 Å². The molecule has 0 atom stereocenters. The highest BCUT2D eigenvalue weighted by atomic mass is 17.2. The first-order chi connectivity index (χ1) is 12.2. The molecule has 0 amide bonds. The van der Waals surface area contributed by atoms with E-state index in [2.05, 4.69) is 0 Å². The van der Waals surface area contributed by atoms with Crippen LogP contribution in [0.5, 0.6) is 11.5 Å². The average Bonchev–Trinajstić information content (AvgIpc) is 2.80. The molecule has 26 heavy (non-hydrogen) atoms. The summed E-state index contributed by atoms with van der Waals surface area (Å²) in [6, 6.07) is 8.42. The monoisotopic (exact) mass is 356 g/mol. The van der Waals surface area contributed by atoms with Gasteiger partial charge in [-0.3, -0.25) is 9.78 Å². The minimum absolute atomic E-state index is 0.122. The lowest BCUT2D eigenvalue weighted by Crippen LogP contribution is -2.21. The number of rotatable bonds is 2. The summed E-state index contributed by atoms with van der Waals surface area (Å²) in [4.78, 5) is 44.2. The van der Waals surface area contributed by atoms with Gasteiger partial charge in [-0.2, -0.15) is 0 Å². The lowest BCUT2D eigenvalue weighted by atomic mass is 9.81. The molecule has 1 aliphatic heterocycles. The summed E-state index contributed by atoms with van der Waals surface area (Å²) in [5.74, 6) is -0.773. The Morgan fingerprint density at radius 1 is 0.885 bits per heavy atom. The second kappa shape index (κ2) is 6.37. The summed E-state index contributed by atoms with van der Waals surface area (Å²) < 4.78 is 0. The van der Waals surface area contributed by atoms with E-state index in [4.69, 9.17) is 19.6 Å². The van der Waals surface area contributed by atoms with Gasteiger partial charge in [0, 0.05) is 5.56 Å². The summed E-state index contributed by atoms with van der Waals surface area (Å²) in [7, 11) is 0. The third-order valence-corrected chi connectivity index (χ3v) is 4.23. The standard InChI is InChI=1S/C20H20O6/c1-11-7-6-8-13(16(11)20(3,4)5)18(21)25-26-19(22)14-9-10-15-12(2)17(14)24-23-15/h6-10H,1-5H3. The summed E-state index contributed by atoms with van der Waals surface area (Å²) in [6.45, 7) is 9.68. The number of carbonyl (C=O) groups excluding carboxylic acids is 2. The minimum Gasteiger partial charge on any atom is -0.289 e. The number of benzene rings is 2. The number of hydrogen-bond acceptors (Lipinski definition) is 6. The van der Waals surface area contributed by atoms with Gasteiger partial charge in [0.25, 0.3) is 0 Å². The Bertz CT molecular complexity index is 892. The summed E-state index contributed by atoms with van der Waals surface area (Å²) in [5, 5.41) is 0. The third kappa shape index (κ3) is 3.10. The van der Waals surface area contributed by atoms with Crippen LogP contribution < -0.4 is 9.78 Å². The second-order valence-electron chi connectivity index (χ2n) is 7.22. The summed E-state index contributed by atoms with van der Waals surface area (Å²) >= 11 is 0. The van der Waals surface area contributed by atoms with Crippen LogP contribution in [-0.4, -0.2) is 11.9 Å². The van der Waals surface area contributed by atoms with E-state index >= 15 is 0 Å². The highest BCUT2D eigenvalue weighted by molar-refractivity contribution is 5.95. The van der Waals surface area contributed by atoms with Crippen LogP contribution in [0.25, 0.3) is 0 Å². The van der Waals surface area contributed by atoms with Crippen LogP contribution in [0.3, 0.4) is 0 Å². The molecule has 0 aromatic heterocycles. The van der Waals surface area contributed by atoms with E-state index in [9.17, 15) is 9.59 Å². The molecule has 0 saturated carbocycles. The molecule has 1 aliphatic rings. The lowest BCUT2D eigenvalue weighted by molar-refractivity contribution is -0.188. The highest BCUT2D eigenvalue weighted by Crippen LogP contribution is 2.37. The minimum atomic E-state index is -0.835. The normalized spacial score (nSPS) is 12.2. The van der Waals surface area contributed by atoms with Crippen LogP contribution in [-0.2, 0) is 15.2 Å². The van der Waals surface area contributed by atoms with Crippen molar-refractivity contribution in [2.24, 2.45) is 0 Å². The molecule has 2 aromatic carbocycles. The fraction of sp³-hybridized carbons (Fsp3) is 0.300. The van der Waals surface area contributed by atoms with E-state index in [0.717, 1.165) is 11.1 Å². The molecule has 0 radical (unpaired) electrons. The Balaban J connectivity index is 1.78. The number of hydrogen-bond donors (Lipinski definition) is 0. The van der Waals surface area contributed by atoms with Gasteiger partial charge >= 0.3 is 11.9 Å². The molecule has 6 heteroatoms. The molecule has 0 fully saturated rings. The van der Waals surface area contributed by atoms with Gasteiger partial charge in [0.1, 0.15) is 5.56 Å². The molecule has 3 rings (SSSR count). The highest BCUT2D eigenvalue weighted by Gasteiger charge is 2.29. The molecule has 6 nitrogen and oxygen atoms in total. The lowest BCUT2D eigenvalue weighted by Gasteiger charge is -2.24. The first-order valence-corrected chi connectivity index (χ1v) is 8.21. The van der Waals surface area contributed by atoms with Crippen molar-refractivity contribution in [1.82, 2.24) is 0 Å². The maximum absolute atomic E-state index is 12.5. The van der Waals surface area contributed by atoms with Gasteiger partial charge in [-0.25, -0.2) is 19.4 Å². The first-order valence-electron chi connectivity index (χ1n) is 8.21. The van der Waals surface area contributed by atoms with Gasteiger partial charge in [0.05, 0.1) is 5.56 Å². The predicted molar refractivity (Wildman–Crippen MR) is 93.1 cm³/mol. The van der Waals surface area contributed by atoms with Crippen LogP contribution in [0.1, 0.15) is 58.2 Å². The van der Waals surface area contributed by atoms with Gasteiger partial charge in [0.15, 0.2) is 11.5 Å². The zero-order valence-electron chi connectivity index (χ0n) is 15.3. The summed E-state index contributed by atoms with van der Waals surface area (Å²) in [6.07, 6.45) is 0. The van der Waals surface area contributed by atoms with Crippen LogP contribution in [0.4, 0.5) is 0 Å². The van der Waals surface area contributed by atoms with Gasteiger partial charge in [0.2, 0.25) is 0 Å². The first kappa shape index (κ1) is 17.8. The van der Waals surface area contributed by atoms with E-state index in [0.29, 0.717) is 16.9 Å². The van der Waals surface area contributed by atoms with Crippen LogP contribution >= 0.6 is 0 Å². The quantitative estimate of drug-likeness (QED) is 0.593. The molecule has 0 N–H and O–H groups in total. The van der Waals surface area contributed by atoms with E-state index < -0.39 is 11.9 Å². The topological polar surface area (TPSA) is 71.1 Å². The molecular formula is C20H20O6. The second-order valence-corrected chi connectivity index (χ2v) is 7.22. The average molecular weight is 356 g/mol. The van der Waals surface area contributed by atoms with Crippen molar-refractivity contribution in [2.45, 2.75) is 40.0 Å². The molecule has 136 valence electrons. The largest absolute Gasteiger partial charge is 0.390 e. The maximum atomic E-state index is 12.5. The predicted octanol–water partition coefficient (Wildman–Crippen LogP) is 4.22. The molecule has 0 unspecified atom stereocenters. The van der Waals surface area contributed by atoms with Gasteiger partial charge in [-0.15, -0.1) is 0 Å². The fourth-order valence-corrected chi connectivity index (χ4v) is 3.12. The van der Waals surface area contributed by atoms with Crippen molar-refractivity contribution in [3.63, 3.8) is 0 Å². The van der Waals surface area contributed by atoms with Crippen molar-refractivity contribution in [3.8, 4) is 11.5 Å². The van der Waals surface area contributed by atoms with Crippen LogP contribution in [0.2, 0.25) is 0 Å². The molecule has 2 bridgehead atoms. The van der Waals surface area contributed by atoms with E-state index in [1.807, 2.05) is 33.8 Å². The van der Waals surface area contributed by atoms with Crippen molar-refractivity contribution < 1.29 is 29.1 Å². The fourth-order valence-electron chi connectivity index (χ4n) is 3.12.